The van der Waals surface area contributed by atoms with Gasteiger partial charge in [0.25, 0.3) is 5.91 Å². The Morgan fingerprint density at radius 3 is 2.71 bits per heavy atom. The standard InChI is InChI=1S/C21H28N6O/c22-15-9-3-4-10-17(15)25-18-12-24-19(20(23)28)21(27-18)26-16-11-5-7-13-6-1-2-8-14(13)16/h1-2,6,8,12,15-17H,3-5,7,9-11,22H2,(H2,23,28)(H2,25,26,27)/t15-,16?,17+/m0/s1. The summed E-state index contributed by atoms with van der Waals surface area (Å²) >= 11 is 0. The van der Waals surface area contributed by atoms with Crippen LogP contribution in [0, 0.1) is 0 Å². The maximum Gasteiger partial charge on any atom is 0.271 e. The van der Waals surface area contributed by atoms with Crippen molar-refractivity contribution in [3.05, 3.63) is 47.3 Å². The fourth-order valence-electron chi connectivity index (χ4n) is 4.34. The lowest BCUT2D eigenvalue weighted by Crippen LogP contribution is -2.42. The highest BCUT2D eigenvalue weighted by Gasteiger charge is 2.25. The van der Waals surface area contributed by atoms with Crippen LogP contribution in [0.1, 0.15) is 66.2 Å². The lowest BCUT2D eigenvalue weighted by molar-refractivity contribution is 0.0996. The van der Waals surface area contributed by atoms with E-state index in [9.17, 15) is 4.79 Å². The largest absolute Gasteiger partial charge is 0.364 e. The molecule has 0 saturated heterocycles. The maximum atomic E-state index is 11.9. The van der Waals surface area contributed by atoms with Crippen LogP contribution in [0.25, 0.3) is 0 Å². The molecule has 1 saturated carbocycles. The van der Waals surface area contributed by atoms with Gasteiger partial charge in [-0.25, -0.2) is 9.97 Å². The number of benzene rings is 1. The van der Waals surface area contributed by atoms with E-state index in [1.807, 2.05) is 6.07 Å². The Bertz CT molecular complexity index is 855. The van der Waals surface area contributed by atoms with Gasteiger partial charge in [-0.1, -0.05) is 37.1 Å². The molecule has 4 rings (SSSR count). The summed E-state index contributed by atoms with van der Waals surface area (Å²) in [5.41, 5.74) is 14.5. The van der Waals surface area contributed by atoms with Crippen LogP contribution in [0.4, 0.5) is 11.6 Å². The zero-order valence-corrected chi connectivity index (χ0v) is 16.0. The van der Waals surface area contributed by atoms with Crippen molar-refractivity contribution >= 4 is 17.5 Å². The van der Waals surface area contributed by atoms with Crippen LogP contribution in [-0.2, 0) is 6.42 Å². The van der Waals surface area contributed by atoms with Gasteiger partial charge in [-0.3, -0.25) is 4.79 Å². The molecule has 28 heavy (non-hydrogen) atoms. The number of aryl methyl sites for hydroxylation is 1. The minimum atomic E-state index is -0.583. The molecule has 0 spiro atoms. The molecule has 0 aliphatic heterocycles. The number of hydrogen-bond acceptors (Lipinski definition) is 6. The predicted octanol–water partition coefficient (Wildman–Crippen LogP) is 2.75. The topological polar surface area (TPSA) is 119 Å². The van der Waals surface area contributed by atoms with Crippen molar-refractivity contribution in [1.82, 2.24) is 9.97 Å². The van der Waals surface area contributed by atoms with Crippen LogP contribution < -0.4 is 22.1 Å². The van der Waals surface area contributed by atoms with Crippen LogP contribution in [0.2, 0.25) is 0 Å². The summed E-state index contributed by atoms with van der Waals surface area (Å²) < 4.78 is 0. The molecule has 1 heterocycles. The lowest BCUT2D eigenvalue weighted by atomic mass is 9.88. The summed E-state index contributed by atoms with van der Waals surface area (Å²) in [4.78, 5) is 20.8. The molecular formula is C21H28N6O. The Balaban J connectivity index is 1.59. The summed E-state index contributed by atoms with van der Waals surface area (Å²) in [5, 5.41) is 6.83. The SMILES string of the molecule is NC(=O)c1ncc(N[C@@H]2CCCC[C@@H]2N)nc1NC1CCCc2ccccc21. The quantitative estimate of drug-likeness (QED) is 0.633. The second-order valence-electron chi connectivity index (χ2n) is 7.80. The molecule has 7 heteroatoms. The normalized spacial score (nSPS) is 24.2. The van der Waals surface area contributed by atoms with Crippen LogP contribution in [0.3, 0.4) is 0 Å². The van der Waals surface area contributed by atoms with E-state index in [0.717, 1.165) is 38.5 Å². The van der Waals surface area contributed by atoms with Gasteiger partial charge in [-0.2, -0.15) is 0 Å². The first-order valence-electron chi connectivity index (χ1n) is 10.1. The van der Waals surface area contributed by atoms with E-state index in [2.05, 4.69) is 38.8 Å². The first-order chi connectivity index (χ1) is 13.6. The zero-order chi connectivity index (χ0) is 19.5. The molecule has 2 aliphatic carbocycles. The number of carbonyl (C=O) groups is 1. The van der Waals surface area contributed by atoms with E-state index >= 15 is 0 Å². The van der Waals surface area contributed by atoms with E-state index in [1.54, 1.807) is 6.20 Å². The molecule has 1 amide bonds. The molecule has 2 aliphatic rings. The molecular weight excluding hydrogens is 352 g/mol. The van der Waals surface area contributed by atoms with E-state index in [0.29, 0.717) is 11.6 Å². The summed E-state index contributed by atoms with van der Waals surface area (Å²) in [5.74, 6) is 0.475. The van der Waals surface area contributed by atoms with Gasteiger partial charge in [0.05, 0.1) is 12.2 Å². The van der Waals surface area contributed by atoms with Crippen molar-refractivity contribution in [1.29, 1.82) is 0 Å². The van der Waals surface area contributed by atoms with E-state index in [-0.39, 0.29) is 23.8 Å². The number of nitrogens with one attached hydrogen (secondary N) is 2. The lowest BCUT2D eigenvalue weighted by Gasteiger charge is -2.30. The Morgan fingerprint density at radius 2 is 1.89 bits per heavy atom. The van der Waals surface area contributed by atoms with Gasteiger partial charge < -0.3 is 22.1 Å². The van der Waals surface area contributed by atoms with Gasteiger partial charge in [0, 0.05) is 12.1 Å². The maximum absolute atomic E-state index is 11.9. The monoisotopic (exact) mass is 380 g/mol. The molecule has 148 valence electrons. The van der Waals surface area contributed by atoms with Crippen LogP contribution >= 0.6 is 0 Å². The van der Waals surface area contributed by atoms with Crippen molar-refractivity contribution in [2.75, 3.05) is 10.6 Å². The number of hydrogen-bond donors (Lipinski definition) is 4. The number of amides is 1. The summed E-state index contributed by atoms with van der Waals surface area (Å²) in [7, 11) is 0. The van der Waals surface area contributed by atoms with Gasteiger partial charge in [-0.15, -0.1) is 0 Å². The van der Waals surface area contributed by atoms with Gasteiger partial charge in [0.15, 0.2) is 11.5 Å². The van der Waals surface area contributed by atoms with Crippen LogP contribution in [0.5, 0.6) is 0 Å². The molecule has 2 aromatic rings. The average molecular weight is 380 g/mol. The van der Waals surface area contributed by atoms with Crippen molar-refractivity contribution in [3.8, 4) is 0 Å². The Labute approximate surface area is 165 Å². The highest BCUT2D eigenvalue weighted by molar-refractivity contribution is 5.95. The molecule has 0 radical (unpaired) electrons. The molecule has 6 N–H and O–H groups in total. The Hall–Kier alpha value is -2.67. The average Bonchev–Trinajstić information content (AvgIpc) is 2.70. The van der Waals surface area contributed by atoms with E-state index < -0.39 is 5.91 Å². The molecule has 7 nitrogen and oxygen atoms in total. The fraction of sp³-hybridized carbons (Fsp3) is 0.476. The number of carbonyl (C=O) groups excluding carboxylic acids is 1. The summed E-state index contributed by atoms with van der Waals surface area (Å²) in [6.45, 7) is 0. The van der Waals surface area contributed by atoms with Gasteiger partial charge >= 0.3 is 0 Å². The van der Waals surface area contributed by atoms with Crippen molar-refractivity contribution in [2.24, 2.45) is 11.5 Å². The van der Waals surface area contributed by atoms with E-state index in [1.165, 1.54) is 17.5 Å². The fourth-order valence-corrected chi connectivity index (χ4v) is 4.34. The third-order valence-corrected chi connectivity index (χ3v) is 5.84. The third kappa shape index (κ3) is 3.94. The number of nitrogens with zero attached hydrogens (tertiary/aromatic N) is 2. The molecule has 3 atom stereocenters. The Morgan fingerprint density at radius 1 is 1.07 bits per heavy atom. The molecule has 1 aromatic carbocycles. The zero-order valence-electron chi connectivity index (χ0n) is 16.0. The van der Waals surface area contributed by atoms with Gasteiger partial charge in [0.2, 0.25) is 0 Å². The molecule has 1 aromatic heterocycles. The first kappa shape index (κ1) is 18.7. The van der Waals surface area contributed by atoms with E-state index in [4.69, 9.17) is 11.5 Å². The predicted molar refractivity (Wildman–Crippen MR) is 110 cm³/mol. The second kappa shape index (κ2) is 8.14. The molecule has 0 bridgehead atoms. The number of nitrogens with two attached hydrogens (primary N) is 2. The minimum absolute atomic E-state index is 0.0875. The number of rotatable bonds is 5. The highest BCUT2D eigenvalue weighted by Crippen LogP contribution is 2.33. The number of aromatic nitrogens is 2. The van der Waals surface area contributed by atoms with Gasteiger partial charge in [0.1, 0.15) is 5.82 Å². The van der Waals surface area contributed by atoms with Crippen LogP contribution in [-0.4, -0.2) is 28.0 Å². The van der Waals surface area contributed by atoms with Crippen molar-refractivity contribution < 1.29 is 4.79 Å². The number of anilines is 2. The summed E-state index contributed by atoms with van der Waals surface area (Å²) in [6, 6.07) is 8.76. The highest BCUT2D eigenvalue weighted by atomic mass is 16.1. The van der Waals surface area contributed by atoms with Crippen LogP contribution in [0.15, 0.2) is 30.5 Å². The number of fused-ring (bicyclic) bond motifs is 1. The van der Waals surface area contributed by atoms with Crippen molar-refractivity contribution in [3.63, 3.8) is 0 Å². The summed E-state index contributed by atoms with van der Waals surface area (Å²) in [6.07, 6.45) is 9.05. The molecule has 1 unspecified atom stereocenters. The smallest absolute Gasteiger partial charge is 0.271 e. The third-order valence-electron chi connectivity index (χ3n) is 5.84. The van der Waals surface area contributed by atoms with Gasteiger partial charge in [-0.05, 0) is 43.2 Å². The minimum Gasteiger partial charge on any atom is -0.364 e. The number of primary amides is 1. The molecule has 1 fully saturated rings. The van der Waals surface area contributed by atoms with Crippen molar-refractivity contribution in [2.45, 2.75) is 63.1 Å². The second-order valence-corrected chi connectivity index (χ2v) is 7.80. The first-order valence-corrected chi connectivity index (χ1v) is 10.1. The Kier molecular flexibility index (Phi) is 5.43.